The standard InChI is InChI=1S/C23H16ClF3N4O2/c24-15-6-4-13(5-7-15)10-20-18-9-8-17(12-19(18)21(32)31-30-20)29-22(33)28-16-3-1-2-14(11-16)23(25,26)27/h1-9,11-12H,10H2,(H,31,32)(H2,28,29,33). The van der Waals surface area contributed by atoms with E-state index >= 15 is 0 Å². The fourth-order valence-corrected chi connectivity index (χ4v) is 3.42. The highest BCUT2D eigenvalue weighted by Crippen LogP contribution is 2.30. The molecule has 3 N–H and O–H groups in total. The maximum Gasteiger partial charge on any atom is 0.416 e. The number of hydrogen-bond donors (Lipinski definition) is 3. The lowest BCUT2D eigenvalue weighted by molar-refractivity contribution is -0.137. The number of nitrogens with one attached hydrogen (secondary N) is 3. The van der Waals surface area contributed by atoms with Crippen LogP contribution in [-0.4, -0.2) is 16.2 Å². The third-order valence-electron chi connectivity index (χ3n) is 4.86. The van der Waals surface area contributed by atoms with Crippen molar-refractivity contribution in [3.05, 3.63) is 98.9 Å². The number of halogens is 4. The first-order valence-electron chi connectivity index (χ1n) is 9.70. The van der Waals surface area contributed by atoms with E-state index in [1.165, 1.54) is 18.2 Å². The Morgan fingerprint density at radius 3 is 2.33 bits per heavy atom. The molecule has 4 rings (SSSR count). The summed E-state index contributed by atoms with van der Waals surface area (Å²) in [5, 5.41) is 13.0. The van der Waals surface area contributed by atoms with E-state index < -0.39 is 23.3 Å². The maximum atomic E-state index is 12.9. The molecule has 0 aliphatic heterocycles. The predicted molar refractivity (Wildman–Crippen MR) is 121 cm³/mol. The molecule has 6 nitrogen and oxygen atoms in total. The lowest BCUT2D eigenvalue weighted by Crippen LogP contribution is -2.20. The molecule has 0 bridgehead atoms. The van der Waals surface area contributed by atoms with Gasteiger partial charge < -0.3 is 10.6 Å². The van der Waals surface area contributed by atoms with E-state index in [0.29, 0.717) is 33.6 Å². The average Bonchev–Trinajstić information content (AvgIpc) is 2.77. The van der Waals surface area contributed by atoms with Crippen LogP contribution in [0.1, 0.15) is 16.8 Å². The molecule has 0 aliphatic carbocycles. The molecule has 0 saturated heterocycles. The Bertz CT molecular complexity index is 1390. The number of hydrogen-bond acceptors (Lipinski definition) is 3. The van der Waals surface area contributed by atoms with Crippen LogP contribution >= 0.6 is 11.6 Å². The zero-order chi connectivity index (χ0) is 23.6. The van der Waals surface area contributed by atoms with Gasteiger partial charge in [-0.25, -0.2) is 9.89 Å². The lowest BCUT2D eigenvalue weighted by atomic mass is 10.0. The number of aromatic nitrogens is 2. The molecule has 0 fully saturated rings. The van der Waals surface area contributed by atoms with Gasteiger partial charge in [-0.1, -0.05) is 35.9 Å². The fraction of sp³-hybridized carbons (Fsp3) is 0.0870. The molecule has 2 amide bonds. The number of urea groups is 1. The Balaban J connectivity index is 1.54. The molecule has 0 saturated carbocycles. The SMILES string of the molecule is O=C(Nc1cccc(C(F)(F)F)c1)Nc1ccc2c(Cc3ccc(Cl)cc3)n[nH]c(=O)c2c1. The minimum Gasteiger partial charge on any atom is -0.308 e. The van der Waals surface area contributed by atoms with Crippen LogP contribution in [-0.2, 0) is 12.6 Å². The number of anilines is 2. The molecule has 0 atom stereocenters. The van der Waals surface area contributed by atoms with Crippen LogP contribution in [0.15, 0.2) is 71.5 Å². The summed E-state index contributed by atoms with van der Waals surface area (Å²) in [4.78, 5) is 24.6. The Morgan fingerprint density at radius 2 is 1.64 bits per heavy atom. The lowest BCUT2D eigenvalue weighted by Gasteiger charge is -2.11. The van der Waals surface area contributed by atoms with Gasteiger partial charge in [-0.05, 0) is 48.0 Å². The zero-order valence-corrected chi connectivity index (χ0v) is 17.6. The average molecular weight is 473 g/mol. The van der Waals surface area contributed by atoms with Gasteiger partial charge in [-0.3, -0.25) is 4.79 Å². The van der Waals surface area contributed by atoms with Gasteiger partial charge in [0.05, 0.1) is 16.6 Å². The minimum absolute atomic E-state index is 0.0181. The normalized spacial score (nSPS) is 11.4. The largest absolute Gasteiger partial charge is 0.416 e. The van der Waals surface area contributed by atoms with Gasteiger partial charge in [0, 0.05) is 28.2 Å². The van der Waals surface area contributed by atoms with E-state index in [4.69, 9.17) is 11.6 Å². The molecule has 1 aromatic heterocycles. The quantitative estimate of drug-likeness (QED) is 0.349. The number of amides is 2. The van der Waals surface area contributed by atoms with E-state index in [2.05, 4.69) is 20.8 Å². The summed E-state index contributed by atoms with van der Waals surface area (Å²) in [7, 11) is 0. The van der Waals surface area contributed by atoms with Crippen LogP contribution in [0.5, 0.6) is 0 Å². The minimum atomic E-state index is -4.52. The maximum absolute atomic E-state index is 12.9. The second-order valence-electron chi connectivity index (χ2n) is 7.22. The van der Waals surface area contributed by atoms with Crippen molar-refractivity contribution in [2.75, 3.05) is 10.6 Å². The van der Waals surface area contributed by atoms with Gasteiger partial charge in [0.25, 0.3) is 5.56 Å². The monoisotopic (exact) mass is 472 g/mol. The van der Waals surface area contributed by atoms with Crippen molar-refractivity contribution in [1.82, 2.24) is 10.2 Å². The van der Waals surface area contributed by atoms with Crippen LogP contribution in [0, 0.1) is 0 Å². The van der Waals surface area contributed by atoms with E-state index in [9.17, 15) is 22.8 Å². The van der Waals surface area contributed by atoms with Crippen molar-refractivity contribution < 1.29 is 18.0 Å². The zero-order valence-electron chi connectivity index (χ0n) is 16.8. The first-order chi connectivity index (χ1) is 15.7. The van der Waals surface area contributed by atoms with Gasteiger partial charge in [0.2, 0.25) is 0 Å². The number of alkyl halides is 3. The molecule has 3 aromatic carbocycles. The second kappa shape index (κ2) is 8.95. The Kier molecular flexibility index (Phi) is 6.06. The van der Waals surface area contributed by atoms with Crippen molar-refractivity contribution in [2.24, 2.45) is 0 Å². The molecule has 0 spiro atoms. The molecule has 0 aliphatic rings. The second-order valence-corrected chi connectivity index (χ2v) is 7.66. The van der Waals surface area contributed by atoms with Crippen molar-refractivity contribution >= 4 is 39.8 Å². The molecule has 10 heteroatoms. The summed E-state index contributed by atoms with van der Waals surface area (Å²) in [5.74, 6) is 0. The number of benzene rings is 3. The summed E-state index contributed by atoms with van der Waals surface area (Å²) in [6, 6.07) is 15.5. The van der Waals surface area contributed by atoms with Gasteiger partial charge in [0.15, 0.2) is 0 Å². The molecule has 0 radical (unpaired) electrons. The van der Waals surface area contributed by atoms with Crippen molar-refractivity contribution in [2.45, 2.75) is 12.6 Å². The summed E-state index contributed by atoms with van der Waals surface area (Å²) in [6.45, 7) is 0. The van der Waals surface area contributed by atoms with Crippen LogP contribution in [0.2, 0.25) is 5.02 Å². The number of carbonyl (C=O) groups excluding carboxylic acids is 1. The molecule has 4 aromatic rings. The van der Waals surface area contributed by atoms with Gasteiger partial charge in [-0.2, -0.15) is 18.3 Å². The molecule has 33 heavy (non-hydrogen) atoms. The number of nitrogens with zero attached hydrogens (tertiary/aromatic N) is 1. The predicted octanol–water partition coefficient (Wildman–Crippen LogP) is 5.83. The summed E-state index contributed by atoms with van der Waals surface area (Å²) in [5.41, 5.74) is 0.538. The highest BCUT2D eigenvalue weighted by Gasteiger charge is 2.30. The summed E-state index contributed by atoms with van der Waals surface area (Å²) < 4.78 is 38.6. The van der Waals surface area contributed by atoms with E-state index in [1.807, 2.05) is 12.1 Å². The highest BCUT2D eigenvalue weighted by atomic mass is 35.5. The van der Waals surface area contributed by atoms with E-state index in [0.717, 1.165) is 17.7 Å². The number of fused-ring (bicyclic) bond motifs is 1. The van der Waals surface area contributed by atoms with Crippen LogP contribution in [0.3, 0.4) is 0 Å². The summed E-state index contributed by atoms with van der Waals surface area (Å²) in [6.07, 6.45) is -4.07. The first kappa shape index (κ1) is 22.3. The Labute approximate surface area is 190 Å². The molecule has 1 heterocycles. The van der Waals surface area contributed by atoms with Crippen LogP contribution in [0.4, 0.5) is 29.3 Å². The van der Waals surface area contributed by atoms with E-state index in [-0.39, 0.29) is 5.69 Å². The summed E-state index contributed by atoms with van der Waals surface area (Å²) >= 11 is 5.92. The molecular formula is C23H16ClF3N4O2. The number of aromatic amines is 1. The van der Waals surface area contributed by atoms with E-state index in [1.54, 1.807) is 24.3 Å². The topological polar surface area (TPSA) is 86.9 Å². The van der Waals surface area contributed by atoms with Gasteiger partial charge >= 0.3 is 12.2 Å². The molecule has 0 unspecified atom stereocenters. The third kappa shape index (κ3) is 5.32. The van der Waals surface area contributed by atoms with Crippen molar-refractivity contribution in [1.29, 1.82) is 0 Å². The van der Waals surface area contributed by atoms with Crippen LogP contribution < -0.4 is 16.2 Å². The number of H-pyrrole nitrogens is 1. The number of carbonyl (C=O) groups is 1. The molecular weight excluding hydrogens is 457 g/mol. The smallest absolute Gasteiger partial charge is 0.308 e. The van der Waals surface area contributed by atoms with Crippen LogP contribution in [0.25, 0.3) is 10.8 Å². The van der Waals surface area contributed by atoms with Crippen molar-refractivity contribution in [3.8, 4) is 0 Å². The Morgan fingerprint density at radius 1 is 0.939 bits per heavy atom. The third-order valence-corrected chi connectivity index (χ3v) is 5.11. The number of rotatable bonds is 4. The van der Waals surface area contributed by atoms with Crippen molar-refractivity contribution in [3.63, 3.8) is 0 Å². The Hall–Kier alpha value is -3.85. The fourth-order valence-electron chi connectivity index (χ4n) is 3.30. The highest BCUT2D eigenvalue weighted by molar-refractivity contribution is 6.30. The van der Waals surface area contributed by atoms with Gasteiger partial charge in [0.1, 0.15) is 0 Å². The first-order valence-corrected chi connectivity index (χ1v) is 10.1. The molecule has 168 valence electrons. The van der Waals surface area contributed by atoms with Gasteiger partial charge in [-0.15, -0.1) is 0 Å².